The number of aliphatic hydroxyl groups is 1. The maximum atomic E-state index is 12.1. The van der Waals surface area contributed by atoms with Crippen molar-refractivity contribution in [1.29, 1.82) is 0 Å². The van der Waals surface area contributed by atoms with Gasteiger partial charge in [0.05, 0.1) is 0 Å². The van der Waals surface area contributed by atoms with E-state index in [1.807, 2.05) is 57.2 Å². The van der Waals surface area contributed by atoms with Crippen LogP contribution < -0.4 is 0 Å². The molecule has 3 heteroatoms. The van der Waals surface area contributed by atoms with Crippen molar-refractivity contribution in [2.75, 3.05) is 0 Å². The van der Waals surface area contributed by atoms with Crippen molar-refractivity contribution in [3.63, 3.8) is 0 Å². The molecule has 0 aromatic heterocycles. The average molecular weight is 449 g/mol. The molecule has 1 rings (SSSR count). The highest BCUT2D eigenvalue weighted by Crippen LogP contribution is 2.39. The second-order valence-electron chi connectivity index (χ2n) is 9.91. The zero-order valence-corrected chi connectivity index (χ0v) is 21.5. The number of Topliss-reactive ketones (excluding diaryl/α,β-unsaturated/α-hetero) is 1. The quantitative estimate of drug-likeness (QED) is 0.302. The molecule has 178 valence electrons. The minimum atomic E-state index is -1.34. The number of hydrogen-bond donors (Lipinski definition) is 1. The number of rotatable bonds is 9. The lowest BCUT2D eigenvalue weighted by Crippen LogP contribution is -2.29. The molecule has 0 unspecified atom stereocenters. The third kappa shape index (κ3) is 10.1. The van der Waals surface area contributed by atoms with Crippen LogP contribution in [-0.4, -0.2) is 22.3 Å². The second-order valence-corrected chi connectivity index (χ2v) is 9.91. The molecule has 0 radical (unpaired) electrons. The molecule has 0 atom stereocenters. The Balaban J connectivity index is 2.72. The highest BCUT2D eigenvalue weighted by Gasteiger charge is 2.30. The Kier molecular flexibility index (Phi) is 10.7. The van der Waals surface area contributed by atoms with Crippen molar-refractivity contribution < 1.29 is 14.7 Å². The first-order valence-corrected chi connectivity index (χ1v) is 11.5. The predicted octanol–water partition coefficient (Wildman–Crippen LogP) is 7.10. The summed E-state index contributed by atoms with van der Waals surface area (Å²) in [7, 11) is 0. The third-order valence-electron chi connectivity index (χ3n) is 5.69. The summed E-state index contributed by atoms with van der Waals surface area (Å²) in [6.45, 7) is 15.3. The lowest BCUT2D eigenvalue weighted by molar-refractivity contribution is -0.128. The lowest BCUT2D eigenvalue weighted by Gasteiger charge is -2.32. The van der Waals surface area contributed by atoms with Crippen molar-refractivity contribution >= 4 is 11.6 Å². The van der Waals surface area contributed by atoms with Crippen molar-refractivity contribution in [1.82, 2.24) is 0 Å². The molecular weight excluding hydrogens is 408 g/mol. The molecule has 0 aromatic carbocycles. The number of ketones is 2. The van der Waals surface area contributed by atoms with E-state index >= 15 is 0 Å². The Bertz CT molecular complexity index is 978. The van der Waals surface area contributed by atoms with E-state index in [-0.39, 0.29) is 17.0 Å². The second kappa shape index (κ2) is 12.5. The van der Waals surface area contributed by atoms with Gasteiger partial charge in [-0.15, -0.1) is 0 Å². The van der Waals surface area contributed by atoms with E-state index in [0.717, 1.165) is 34.3 Å². The van der Waals surface area contributed by atoms with Crippen LogP contribution in [0.3, 0.4) is 0 Å². The highest BCUT2D eigenvalue weighted by atomic mass is 16.3. The number of hydrogen-bond acceptors (Lipinski definition) is 3. The van der Waals surface area contributed by atoms with Crippen LogP contribution >= 0.6 is 0 Å². The first kappa shape index (κ1) is 28.3. The van der Waals surface area contributed by atoms with Gasteiger partial charge >= 0.3 is 0 Å². The SMILES string of the molecule is CC1=C(/C=C/C(C)=C/C=C/C(C)=C/C=C/C=C(C)/C=C/C(=O)C(C)(C)O)C(C)(C)CCC1=O. The fraction of sp³-hybridized carbons (Fsp3) is 0.400. The van der Waals surface area contributed by atoms with Crippen LogP contribution in [0.15, 0.2) is 94.7 Å². The number of carbonyl (C=O) groups is 2. The van der Waals surface area contributed by atoms with Crippen LogP contribution in [0.5, 0.6) is 0 Å². The molecule has 1 N–H and O–H groups in total. The van der Waals surface area contributed by atoms with E-state index in [0.29, 0.717) is 6.42 Å². The minimum absolute atomic E-state index is 0.0316. The molecule has 1 aliphatic carbocycles. The molecular formula is C30H40O3. The smallest absolute Gasteiger partial charge is 0.186 e. The van der Waals surface area contributed by atoms with Crippen LogP contribution in [0.25, 0.3) is 0 Å². The Morgan fingerprint density at radius 1 is 0.879 bits per heavy atom. The van der Waals surface area contributed by atoms with E-state index in [2.05, 4.69) is 39.0 Å². The minimum Gasteiger partial charge on any atom is -0.382 e. The molecule has 0 aromatic rings. The molecule has 0 spiro atoms. The predicted molar refractivity (Wildman–Crippen MR) is 140 cm³/mol. The van der Waals surface area contributed by atoms with E-state index in [9.17, 15) is 14.7 Å². The summed E-state index contributed by atoms with van der Waals surface area (Å²) < 4.78 is 0. The van der Waals surface area contributed by atoms with E-state index in [4.69, 9.17) is 0 Å². The molecule has 0 fully saturated rings. The van der Waals surface area contributed by atoms with Crippen molar-refractivity contribution in [3.05, 3.63) is 94.7 Å². The van der Waals surface area contributed by atoms with Gasteiger partial charge in [-0.3, -0.25) is 9.59 Å². The Morgan fingerprint density at radius 3 is 1.97 bits per heavy atom. The third-order valence-corrected chi connectivity index (χ3v) is 5.69. The van der Waals surface area contributed by atoms with Crippen LogP contribution in [-0.2, 0) is 9.59 Å². The number of allylic oxidation sites excluding steroid dienone is 15. The summed E-state index contributed by atoms with van der Waals surface area (Å²) in [5.74, 6) is -0.0610. The molecule has 0 amide bonds. The van der Waals surface area contributed by atoms with Gasteiger partial charge in [-0.05, 0) is 70.6 Å². The van der Waals surface area contributed by atoms with Gasteiger partial charge in [-0.25, -0.2) is 0 Å². The van der Waals surface area contributed by atoms with Crippen molar-refractivity contribution in [2.45, 2.75) is 73.8 Å². The molecule has 1 aliphatic rings. The van der Waals surface area contributed by atoms with Crippen molar-refractivity contribution in [2.24, 2.45) is 5.41 Å². The van der Waals surface area contributed by atoms with E-state index < -0.39 is 5.60 Å². The maximum absolute atomic E-state index is 12.1. The fourth-order valence-corrected chi connectivity index (χ4v) is 3.32. The van der Waals surface area contributed by atoms with Gasteiger partial charge in [0.15, 0.2) is 11.6 Å². The molecule has 0 aliphatic heterocycles. The summed E-state index contributed by atoms with van der Waals surface area (Å²) in [6.07, 6.45) is 22.7. The molecule has 0 saturated heterocycles. The van der Waals surface area contributed by atoms with Gasteiger partial charge in [-0.1, -0.05) is 91.3 Å². The van der Waals surface area contributed by atoms with Crippen LogP contribution in [0.4, 0.5) is 0 Å². The summed E-state index contributed by atoms with van der Waals surface area (Å²) in [4.78, 5) is 23.8. The monoisotopic (exact) mass is 448 g/mol. The van der Waals surface area contributed by atoms with Gasteiger partial charge in [0, 0.05) is 6.42 Å². The average Bonchev–Trinajstić information content (AvgIpc) is 2.71. The highest BCUT2D eigenvalue weighted by molar-refractivity contribution is 5.97. The zero-order valence-electron chi connectivity index (χ0n) is 21.5. The van der Waals surface area contributed by atoms with Crippen molar-refractivity contribution in [3.8, 4) is 0 Å². The maximum Gasteiger partial charge on any atom is 0.186 e. The molecule has 0 bridgehead atoms. The van der Waals surface area contributed by atoms with Crippen LogP contribution in [0, 0.1) is 5.41 Å². The summed E-state index contributed by atoms with van der Waals surface area (Å²) in [5.41, 5.74) is 3.86. The largest absolute Gasteiger partial charge is 0.382 e. The zero-order chi connectivity index (χ0) is 25.2. The Hall–Kier alpha value is -2.78. The Morgan fingerprint density at radius 2 is 1.39 bits per heavy atom. The topological polar surface area (TPSA) is 54.4 Å². The first-order chi connectivity index (χ1) is 15.2. The van der Waals surface area contributed by atoms with Crippen LogP contribution in [0.2, 0.25) is 0 Å². The first-order valence-electron chi connectivity index (χ1n) is 11.5. The number of carbonyl (C=O) groups excluding carboxylic acids is 2. The van der Waals surface area contributed by atoms with Gasteiger partial charge in [0.1, 0.15) is 5.60 Å². The standard InChI is InChI=1S/C30H40O3/c1-22(12-9-10-13-23(2)17-19-28(32)30(7,8)33)14-11-15-24(3)16-18-26-25(4)27(31)20-21-29(26,5)6/h9-19,33H,20-21H2,1-8H3/b10-9+,14-11+,18-16+,19-17+,22-12+,23-13+,24-15+. The van der Waals surface area contributed by atoms with Gasteiger partial charge < -0.3 is 5.11 Å². The van der Waals surface area contributed by atoms with E-state index in [1.54, 1.807) is 6.08 Å². The van der Waals surface area contributed by atoms with Crippen LogP contribution in [0.1, 0.15) is 68.2 Å². The summed E-state index contributed by atoms with van der Waals surface area (Å²) in [6, 6.07) is 0. The molecule has 0 heterocycles. The van der Waals surface area contributed by atoms with E-state index in [1.165, 1.54) is 19.9 Å². The normalized spacial score (nSPS) is 19.2. The molecule has 33 heavy (non-hydrogen) atoms. The Labute approximate surface area is 200 Å². The summed E-state index contributed by atoms with van der Waals surface area (Å²) in [5, 5.41) is 9.64. The lowest BCUT2D eigenvalue weighted by atomic mass is 9.72. The fourth-order valence-electron chi connectivity index (χ4n) is 3.32. The molecule has 0 saturated carbocycles. The van der Waals surface area contributed by atoms with Gasteiger partial charge in [-0.2, -0.15) is 0 Å². The van der Waals surface area contributed by atoms with Gasteiger partial charge in [0.25, 0.3) is 0 Å². The summed E-state index contributed by atoms with van der Waals surface area (Å²) >= 11 is 0. The molecule has 3 nitrogen and oxygen atoms in total. The van der Waals surface area contributed by atoms with Gasteiger partial charge in [0.2, 0.25) is 0 Å².